The van der Waals surface area contributed by atoms with Gasteiger partial charge in [0.15, 0.2) is 0 Å². The highest BCUT2D eigenvalue weighted by molar-refractivity contribution is 9.10. The number of carbonyl (C=O) groups excluding carboxylic acids is 1. The smallest absolute Gasteiger partial charge is 0.246 e. The Morgan fingerprint density at radius 2 is 2.16 bits per heavy atom. The van der Waals surface area contributed by atoms with Crippen molar-refractivity contribution in [2.24, 2.45) is 5.73 Å². The summed E-state index contributed by atoms with van der Waals surface area (Å²) in [5, 5.41) is 0. The molecule has 0 saturated carbocycles. The second kappa shape index (κ2) is 5.51. The Morgan fingerprint density at radius 3 is 2.74 bits per heavy atom. The number of halogens is 1. The molecule has 1 aliphatic rings. The number of hydrogen-bond acceptors (Lipinski definition) is 3. The van der Waals surface area contributed by atoms with E-state index in [1.807, 2.05) is 19.2 Å². The lowest BCUT2D eigenvalue weighted by Crippen LogP contribution is -2.62. The molecule has 2 atom stereocenters. The van der Waals surface area contributed by atoms with Crippen LogP contribution in [-0.4, -0.2) is 43.0 Å². The minimum absolute atomic E-state index is 0.101. The van der Waals surface area contributed by atoms with Crippen molar-refractivity contribution in [3.8, 4) is 0 Å². The van der Waals surface area contributed by atoms with E-state index in [9.17, 15) is 4.79 Å². The summed E-state index contributed by atoms with van der Waals surface area (Å²) in [6.07, 6.45) is 0. The van der Waals surface area contributed by atoms with E-state index in [2.05, 4.69) is 40.7 Å². The van der Waals surface area contributed by atoms with E-state index in [4.69, 9.17) is 5.73 Å². The standard InChI is InChI=1S/C14H20BrN3O/c1-9-6-11(15)4-5-12(9)18-8-10(2)17(3)14(19)13(18)7-16/h4-6,10,13H,7-8,16H2,1-3H3. The number of amides is 1. The molecule has 5 heteroatoms. The van der Waals surface area contributed by atoms with Gasteiger partial charge in [-0.05, 0) is 37.6 Å². The normalized spacial score (nSPS) is 23.9. The van der Waals surface area contributed by atoms with E-state index in [0.717, 1.165) is 22.3 Å². The number of rotatable bonds is 2. The van der Waals surface area contributed by atoms with Crippen LogP contribution < -0.4 is 10.6 Å². The molecule has 2 unspecified atom stereocenters. The first kappa shape index (κ1) is 14.3. The van der Waals surface area contributed by atoms with Gasteiger partial charge in [0.2, 0.25) is 5.91 Å². The second-order valence-corrected chi connectivity index (χ2v) is 6.05. The van der Waals surface area contributed by atoms with Gasteiger partial charge in [-0.2, -0.15) is 0 Å². The van der Waals surface area contributed by atoms with Crippen LogP contribution in [0.5, 0.6) is 0 Å². The first-order valence-electron chi connectivity index (χ1n) is 6.45. The molecule has 1 aromatic carbocycles. The zero-order chi connectivity index (χ0) is 14.2. The number of aryl methyl sites for hydroxylation is 1. The molecule has 1 amide bonds. The quantitative estimate of drug-likeness (QED) is 0.901. The minimum atomic E-state index is -0.263. The Hall–Kier alpha value is -1.07. The second-order valence-electron chi connectivity index (χ2n) is 5.13. The predicted octanol–water partition coefficient (Wildman–Crippen LogP) is 1.75. The Bertz CT molecular complexity index is 492. The minimum Gasteiger partial charge on any atom is -0.356 e. The molecule has 0 bridgehead atoms. The Balaban J connectivity index is 2.38. The number of piperazine rings is 1. The van der Waals surface area contributed by atoms with Crippen LogP contribution in [0.3, 0.4) is 0 Å². The Morgan fingerprint density at radius 1 is 1.47 bits per heavy atom. The molecule has 1 heterocycles. The van der Waals surface area contributed by atoms with Crippen molar-refractivity contribution < 1.29 is 4.79 Å². The lowest BCUT2D eigenvalue weighted by Gasteiger charge is -2.44. The number of nitrogens with zero attached hydrogens (tertiary/aromatic N) is 2. The highest BCUT2D eigenvalue weighted by Gasteiger charge is 2.36. The summed E-state index contributed by atoms with van der Waals surface area (Å²) >= 11 is 3.47. The van der Waals surface area contributed by atoms with Gasteiger partial charge in [0.1, 0.15) is 6.04 Å². The molecular formula is C14H20BrN3O. The van der Waals surface area contributed by atoms with Crippen LogP contribution in [0.2, 0.25) is 0 Å². The van der Waals surface area contributed by atoms with Crippen molar-refractivity contribution in [2.45, 2.75) is 25.9 Å². The molecule has 2 rings (SSSR count). The molecule has 2 N–H and O–H groups in total. The van der Waals surface area contributed by atoms with Gasteiger partial charge < -0.3 is 15.5 Å². The Kier molecular flexibility index (Phi) is 4.16. The zero-order valence-electron chi connectivity index (χ0n) is 11.6. The monoisotopic (exact) mass is 325 g/mol. The summed E-state index contributed by atoms with van der Waals surface area (Å²) < 4.78 is 1.05. The van der Waals surface area contributed by atoms with E-state index >= 15 is 0 Å². The molecule has 0 radical (unpaired) electrons. The van der Waals surface area contributed by atoms with Crippen LogP contribution in [0, 0.1) is 6.92 Å². The summed E-state index contributed by atoms with van der Waals surface area (Å²) in [7, 11) is 1.85. The highest BCUT2D eigenvalue weighted by Crippen LogP contribution is 2.28. The molecule has 19 heavy (non-hydrogen) atoms. The van der Waals surface area contributed by atoms with Crippen molar-refractivity contribution >= 4 is 27.5 Å². The molecule has 0 spiro atoms. The maximum Gasteiger partial charge on any atom is 0.246 e. The zero-order valence-corrected chi connectivity index (χ0v) is 13.1. The molecule has 1 saturated heterocycles. The van der Waals surface area contributed by atoms with Crippen molar-refractivity contribution in [2.75, 3.05) is 25.0 Å². The van der Waals surface area contributed by atoms with E-state index in [1.165, 1.54) is 0 Å². The molecule has 1 aliphatic heterocycles. The van der Waals surface area contributed by atoms with Crippen LogP contribution in [0.15, 0.2) is 22.7 Å². The van der Waals surface area contributed by atoms with Crippen LogP contribution in [0.25, 0.3) is 0 Å². The summed E-state index contributed by atoms with van der Waals surface area (Å²) in [6.45, 7) is 5.27. The largest absolute Gasteiger partial charge is 0.356 e. The molecule has 1 aromatic rings. The number of benzene rings is 1. The lowest BCUT2D eigenvalue weighted by atomic mass is 10.0. The molecule has 4 nitrogen and oxygen atoms in total. The third-order valence-electron chi connectivity index (χ3n) is 3.82. The molecule has 1 fully saturated rings. The van der Waals surface area contributed by atoms with Gasteiger partial charge >= 0.3 is 0 Å². The molecule has 104 valence electrons. The summed E-state index contributed by atoms with van der Waals surface area (Å²) in [6, 6.07) is 6.05. The maximum absolute atomic E-state index is 12.3. The fourth-order valence-electron chi connectivity index (χ4n) is 2.56. The van der Waals surface area contributed by atoms with Gasteiger partial charge in [-0.3, -0.25) is 4.79 Å². The van der Waals surface area contributed by atoms with E-state index < -0.39 is 0 Å². The fraction of sp³-hybridized carbons (Fsp3) is 0.500. The van der Waals surface area contributed by atoms with Crippen molar-refractivity contribution in [1.82, 2.24) is 4.90 Å². The van der Waals surface area contributed by atoms with Crippen molar-refractivity contribution in [3.63, 3.8) is 0 Å². The predicted molar refractivity (Wildman–Crippen MR) is 81.3 cm³/mol. The van der Waals surface area contributed by atoms with E-state index in [1.54, 1.807) is 4.90 Å². The van der Waals surface area contributed by atoms with Crippen molar-refractivity contribution in [3.05, 3.63) is 28.2 Å². The first-order valence-corrected chi connectivity index (χ1v) is 7.24. The fourth-order valence-corrected chi connectivity index (χ4v) is 3.03. The topological polar surface area (TPSA) is 49.6 Å². The average molecular weight is 326 g/mol. The van der Waals surface area contributed by atoms with Gasteiger partial charge in [-0.25, -0.2) is 0 Å². The van der Waals surface area contributed by atoms with Gasteiger partial charge in [0.25, 0.3) is 0 Å². The SMILES string of the molecule is Cc1cc(Br)ccc1N1CC(C)N(C)C(=O)C1CN. The molecule has 0 aromatic heterocycles. The van der Waals surface area contributed by atoms with Crippen LogP contribution in [0.4, 0.5) is 5.69 Å². The third-order valence-corrected chi connectivity index (χ3v) is 4.32. The van der Waals surface area contributed by atoms with Gasteiger partial charge in [0, 0.05) is 36.3 Å². The van der Waals surface area contributed by atoms with Gasteiger partial charge in [-0.15, -0.1) is 0 Å². The van der Waals surface area contributed by atoms with Crippen LogP contribution in [-0.2, 0) is 4.79 Å². The third kappa shape index (κ3) is 2.62. The number of likely N-dealkylation sites (N-methyl/N-ethyl adjacent to an activating group) is 1. The Labute approximate surface area is 122 Å². The van der Waals surface area contributed by atoms with E-state index in [-0.39, 0.29) is 18.0 Å². The number of nitrogens with two attached hydrogens (primary N) is 1. The first-order chi connectivity index (χ1) is 8.95. The highest BCUT2D eigenvalue weighted by atomic mass is 79.9. The number of hydrogen-bond donors (Lipinski definition) is 1. The summed E-state index contributed by atoms with van der Waals surface area (Å²) in [5.41, 5.74) is 8.05. The average Bonchev–Trinajstić information content (AvgIpc) is 2.36. The van der Waals surface area contributed by atoms with Gasteiger partial charge in [0.05, 0.1) is 0 Å². The van der Waals surface area contributed by atoms with E-state index in [0.29, 0.717) is 6.54 Å². The number of anilines is 1. The van der Waals surface area contributed by atoms with Gasteiger partial charge in [-0.1, -0.05) is 15.9 Å². The maximum atomic E-state index is 12.3. The van der Waals surface area contributed by atoms with Crippen LogP contribution in [0.1, 0.15) is 12.5 Å². The lowest BCUT2D eigenvalue weighted by molar-refractivity contribution is -0.134. The molecule has 0 aliphatic carbocycles. The summed E-state index contributed by atoms with van der Waals surface area (Å²) in [5.74, 6) is 0.101. The summed E-state index contributed by atoms with van der Waals surface area (Å²) in [4.78, 5) is 16.3. The molecular weight excluding hydrogens is 306 g/mol. The number of carbonyl (C=O) groups is 1. The van der Waals surface area contributed by atoms with Crippen molar-refractivity contribution in [1.29, 1.82) is 0 Å². The van der Waals surface area contributed by atoms with Crippen LogP contribution >= 0.6 is 15.9 Å².